The second-order valence-corrected chi connectivity index (χ2v) is 5.93. The maximum Gasteiger partial charge on any atom is 0.337 e. The highest BCUT2D eigenvalue weighted by atomic mass is 32.2. The number of hydrogen-bond acceptors (Lipinski definition) is 5. The molecular weight excluding hydrogens is 296 g/mol. The molecule has 7 nitrogen and oxygen atoms in total. The standard InChI is InChI=1S/C13H12N2O5S/c1-8-6-10(3-4-11(8)16)15-21(19,20)12-5-2-9(7-14-12)13(17)18/h2-7,15-16H,1H3,(H,17,18). The van der Waals surface area contributed by atoms with Crippen molar-refractivity contribution in [3.63, 3.8) is 0 Å². The fourth-order valence-electron chi connectivity index (χ4n) is 1.59. The molecule has 1 aromatic heterocycles. The van der Waals surface area contributed by atoms with E-state index in [1.54, 1.807) is 6.92 Å². The number of aromatic hydroxyl groups is 1. The van der Waals surface area contributed by atoms with E-state index in [9.17, 15) is 18.3 Å². The van der Waals surface area contributed by atoms with Crippen molar-refractivity contribution >= 4 is 21.7 Å². The molecule has 0 aliphatic heterocycles. The summed E-state index contributed by atoms with van der Waals surface area (Å²) < 4.78 is 26.5. The molecule has 110 valence electrons. The highest BCUT2D eigenvalue weighted by Gasteiger charge is 2.17. The van der Waals surface area contributed by atoms with Crippen molar-refractivity contribution in [2.24, 2.45) is 0 Å². The number of aromatic carboxylic acids is 1. The normalized spacial score (nSPS) is 11.1. The van der Waals surface area contributed by atoms with Crippen LogP contribution in [0.15, 0.2) is 41.6 Å². The smallest absolute Gasteiger partial charge is 0.337 e. The van der Waals surface area contributed by atoms with E-state index in [1.807, 2.05) is 0 Å². The van der Waals surface area contributed by atoms with Gasteiger partial charge >= 0.3 is 5.97 Å². The van der Waals surface area contributed by atoms with Gasteiger partial charge in [0.05, 0.1) is 5.56 Å². The quantitative estimate of drug-likeness (QED) is 0.739. The highest BCUT2D eigenvalue weighted by molar-refractivity contribution is 7.92. The van der Waals surface area contributed by atoms with Crippen molar-refractivity contribution in [2.75, 3.05) is 4.72 Å². The summed E-state index contributed by atoms with van der Waals surface area (Å²) >= 11 is 0. The number of hydrogen-bond donors (Lipinski definition) is 3. The monoisotopic (exact) mass is 308 g/mol. The number of sulfonamides is 1. The van der Waals surface area contributed by atoms with Gasteiger partial charge in [-0.15, -0.1) is 0 Å². The van der Waals surface area contributed by atoms with Crippen molar-refractivity contribution < 1.29 is 23.4 Å². The van der Waals surface area contributed by atoms with Gasteiger partial charge in [-0.25, -0.2) is 9.78 Å². The third kappa shape index (κ3) is 3.29. The first-order valence-electron chi connectivity index (χ1n) is 5.81. The van der Waals surface area contributed by atoms with Crippen LogP contribution in [0.4, 0.5) is 5.69 Å². The van der Waals surface area contributed by atoms with Gasteiger partial charge in [-0.05, 0) is 42.8 Å². The Balaban J connectivity index is 2.29. The van der Waals surface area contributed by atoms with Gasteiger partial charge in [0.1, 0.15) is 5.75 Å². The lowest BCUT2D eigenvalue weighted by molar-refractivity contribution is 0.0696. The van der Waals surface area contributed by atoms with Crippen molar-refractivity contribution in [3.05, 3.63) is 47.7 Å². The van der Waals surface area contributed by atoms with E-state index in [2.05, 4.69) is 9.71 Å². The fraction of sp³-hybridized carbons (Fsp3) is 0.0769. The number of aryl methyl sites for hydroxylation is 1. The molecule has 0 radical (unpaired) electrons. The maximum absolute atomic E-state index is 12.1. The Morgan fingerprint density at radius 3 is 2.48 bits per heavy atom. The number of carboxylic acids is 1. The second kappa shape index (κ2) is 5.41. The van der Waals surface area contributed by atoms with Gasteiger partial charge in [-0.2, -0.15) is 8.42 Å². The Bertz CT molecular complexity index is 785. The predicted molar refractivity (Wildman–Crippen MR) is 74.8 cm³/mol. The molecule has 0 aliphatic carbocycles. The van der Waals surface area contributed by atoms with Crippen LogP contribution >= 0.6 is 0 Å². The average molecular weight is 308 g/mol. The number of phenolic OH excluding ortho intramolecular Hbond substituents is 1. The molecule has 2 rings (SSSR count). The van der Waals surface area contributed by atoms with Gasteiger partial charge in [0.2, 0.25) is 0 Å². The zero-order valence-corrected chi connectivity index (χ0v) is 11.8. The lowest BCUT2D eigenvalue weighted by atomic mass is 10.2. The number of nitrogens with one attached hydrogen (secondary N) is 1. The molecule has 0 aliphatic rings. The summed E-state index contributed by atoms with van der Waals surface area (Å²) in [6.07, 6.45) is 0.971. The molecule has 0 spiro atoms. The Hall–Kier alpha value is -2.61. The Labute approximate surface area is 120 Å². The van der Waals surface area contributed by atoms with Crippen LogP contribution in [0.3, 0.4) is 0 Å². The molecule has 0 saturated carbocycles. The number of rotatable bonds is 4. The molecule has 0 bridgehead atoms. The number of pyridine rings is 1. The first-order valence-corrected chi connectivity index (χ1v) is 7.30. The van der Waals surface area contributed by atoms with Crippen LogP contribution in [0.2, 0.25) is 0 Å². The first-order chi connectivity index (χ1) is 9.79. The van der Waals surface area contributed by atoms with Crippen LogP contribution in [0.25, 0.3) is 0 Å². The Morgan fingerprint density at radius 2 is 1.95 bits per heavy atom. The van der Waals surface area contributed by atoms with E-state index >= 15 is 0 Å². The molecule has 0 atom stereocenters. The van der Waals surface area contributed by atoms with Crippen LogP contribution in [0.5, 0.6) is 5.75 Å². The van der Waals surface area contributed by atoms with Crippen LogP contribution in [0, 0.1) is 6.92 Å². The van der Waals surface area contributed by atoms with Gasteiger partial charge in [0.25, 0.3) is 10.0 Å². The number of carboxylic acid groups (broad SMARTS) is 1. The summed E-state index contributed by atoms with van der Waals surface area (Å²) in [5.74, 6) is -1.13. The summed E-state index contributed by atoms with van der Waals surface area (Å²) in [5.41, 5.74) is 0.688. The highest BCUT2D eigenvalue weighted by Crippen LogP contribution is 2.22. The molecule has 0 amide bonds. The predicted octanol–water partition coefficient (Wildman–Crippen LogP) is 1.59. The number of phenols is 1. The summed E-state index contributed by atoms with van der Waals surface area (Å²) in [7, 11) is -3.92. The van der Waals surface area contributed by atoms with E-state index in [1.165, 1.54) is 18.2 Å². The molecule has 0 unspecified atom stereocenters. The minimum atomic E-state index is -3.92. The minimum Gasteiger partial charge on any atom is -0.508 e. The number of nitrogens with zero attached hydrogens (tertiary/aromatic N) is 1. The molecule has 21 heavy (non-hydrogen) atoms. The topological polar surface area (TPSA) is 117 Å². The van der Waals surface area contributed by atoms with Gasteiger partial charge < -0.3 is 10.2 Å². The van der Waals surface area contributed by atoms with Crippen molar-refractivity contribution in [1.29, 1.82) is 0 Å². The van der Waals surface area contributed by atoms with Gasteiger partial charge in [0, 0.05) is 11.9 Å². The molecule has 3 N–H and O–H groups in total. The zero-order valence-electron chi connectivity index (χ0n) is 10.9. The third-order valence-electron chi connectivity index (χ3n) is 2.71. The van der Waals surface area contributed by atoms with Crippen molar-refractivity contribution in [1.82, 2.24) is 4.98 Å². The summed E-state index contributed by atoms with van der Waals surface area (Å²) in [5, 5.41) is 17.8. The van der Waals surface area contributed by atoms with E-state index in [0.29, 0.717) is 5.56 Å². The number of carbonyl (C=O) groups is 1. The lowest BCUT2D eigenvalue weighted by Gasteiger charge is -2.08. The third-order valence-corrected chi connectivity index (χ3v) is 4.00. The first kappa shape index (κ1) is 14.8. The number of aromatic nitrogens is 1. The van der Waals surface area contributed by atoms with Gasteiger partial charge in [-0.3, -0.25) is 4.72 Å². The molecule has 0 fully saturated rings. The minimum absolute atomic E-state index is 0.0573. The molecule has 1 aromatic carbocycles. The molecule has 1 heterocycles. The maximum atomic E-state index is 12.1. The van der Waals surface area contributed by atoms with Crippen LogP contribution in [-0.4, -0.2) is 29.6 Å². The molecule has 8 heteroatoms. The number of anilines is 1. The summed E-state index contributed by atoms with van der Waals surface area (Å²) in [4.78, 5) is 14.3. The summed E-state index contributed by atoms with van der Waals surface area (Å²) in [6, 6.07) is 6.52. The van der Waals surface area contributed by atoms with E-state index in [4.69, 9.17) is 5.11 Å². The SMILES string of the molecule is Cc1cc(NS(=O)(=O)c2ccc(C(=O)O)cn2)ccc1O. The zero-order chi connectivity index (χ0) is 15.6. The van der Waals surface area contributed by atoms with Gasteiger partial charge in [0.15, 0.2) is 5.03 Å². The number of benzene rings is 1. The fourth-order valence-corrected chi connectivity index (χ4v) is 2.57. The second-order valence-electron chi connectivity index (χ2n) is 4.30. The Kier molecular flexibility index (Phi) is 3.81. The summed E-state index contributed by atoms with van der Waals surface area (Å²) in [6.45, 7) is 1.63. The van der Waals surface area contributed by atoms with Crippen molar-refractivity contribution in [2.45, 2.75) is 11.9 Å². The lowest BCUT2D eigenvalue weighted by Crippen LogP contribution is -2.15. The van der Waals surface area contributed by atoms with E-state index in [0.717, 1.165) is 18.3 Å². The molecule has 0 saturated heterocycles. The average Bonchev–Trinajstić information content (AvgIpc) is 2.43. The van der Waals surface area contributed by atoms with E-state index < -0.39 is 16.0 Å². The largest absolute Gasteiger partial charge is 0.508 e. The van der Waals surface area contributed by atoms with Crippen LogP contribution in [-0.2, 0) is 10.0 Å². The molecule has 2 aromatic rings. The Morgan fingerprint density at radius 1 is 1.24 bits per heavy atom. The van der Waals surface area contributed by atoms with Crippen LogP contribution < -0.4 is 4.72 Å². The van der Waals surface area contributed by atoms with Crippen LogP contribution in [0.1, 0.15) is 15.9 Å². The van der Waals surface area contributed by atoms with E-state index in [-0.39, 0.29) is 22.0 Å². The van der Waals surface area contributed by atoms with Gasteiger partial charge in [-0.1, -0.05) is 0 Å². The van der Waals surface area contributed by atoms with Crippen molar-refractivity contribution in [3.8, 4) is 5.75 Å². The molecular formula is C13H12N2O5S.